The molecule has 28 heavy (non-hydrogen) atoms. The highest BCUT2D eigenvalue weighted by molar-refractivity contribution is 5.81. The summed E-state index contributed by atoms with van der Waals surface area (Å²) >= 11 is 0. The summed E-state index contributed by atoms with van der Waals surface area (Å²) in [5.41, 5.74) is -1.30. The van der Waals surface area contributed by atoms with Crippen molar-refractivity contribution in [2.45, 2.75) is 78.0 Å². The molecule has 0 saturated carbocycles. The van der Waals surface area contributed by atoms with Crippen LogP contribution >= 0.6 is 0 Å². The molecule has 0 aromatic rings. The lowest BCUT2D eigenvalue weighted by Gasteiger charge is -2.31. The summed E-state index contributed by atoms with van der Waals surface area (Å²) in [6.45, 7) is 10.5. The molecule has 0 fully saturated rings. The van der Waals surface area contributed by atoms with Gasteiger partial charge in [0.15, 0.2) is 0 Å². The number of rotatable bonds is 9. The molecular formula is C19H36N2O7. The number of carbonyl (C=O) groups is 3. The van der Waals surface area contributed by atoms with Crippen molar-refractivity contribution in [2.75, 3.05) is 26.8 Å². The second kappa shape index (κ2) is 11.7. The van der Waals surface area contributed by atoms with Crippen molar-refractivity contribution in [3.63, 3.8) is 0 Å². The van der Waals surface area contributed by atoms with Crippen LogP contribution in [0.2, 0.25) is 0 Å². The largest absolute Gasteiger partial charge is 0.467 e. The summed E-state index contributed by atoms with van der Waals surface area (Å²) in [5, 5.41) is 11.9. The minimum absolute atomic E-state index is 0.0508. The van der Waals surface area contributed by atoms with E-state index in [1.54, 1.807) is 41.5 Å². The predicted molar refractivity (Wildman–Crippen MR) is 104 cm³/mol. The minimum Gasteiger partial charge on any atom is -0.467 e. The Kier molecular flexibility index (Phi) is 10.9. The molecular weight excluding hydrogens is 368 g/mol. The number of hydrogen-bond donors (Lipinski definition) is 2. The van der Waals surface area contributed by atoms with Crippen LogP contribution in [0, 0.1) is 0 Å². The van der Waals surface area contributed by atoms with Crippen molar-refractivity contribution in [3.05, 3.63) is 0 Å². The molecule has 1 atom stereocenters. The van der Waals surface area contributed by atoms with Crippen molar-refractivity contribution in [1.82, 2.24) is 10.2 Å². The van der Waals surface area contributed by atoms with E-state index in [1.165, 1.54) is 12.0 Å². The first-order valence-electron chi connectivity index (χ1n) is 9.46. The lowest BCUT2D eigenvalue weighted by Crippen LogP contribution is -2.49. The van der Waals surface area contributed by atoms with Gasteiger partial charge >= 0.3 is 18.2 Å². The van der Waals surface area contributed by atoms with Gasteiger partial charge in [0.1, 0.15) is 17.2 Å². The summed E-state index contributed by atoms with van der Waals surface area (Å²) in [6, 6.07) is -0.881. The molecule has 0 unspecified atom stereocenters. The third kappa shape index (κ3) is 11.6. The Bertz CT molecular complexity index is 509. The standard InChI is InChI=1S/C19H36N2O7/c1-18(2,3)27-16(24)20-11-9-8-10-14(15(23)26-7)21(12-13-22)17(25)28-19(4,5)6/h14,22H,8-13H2,1-7H3,(H,20,24)/t14-/m1/s1. The van der Waals surface area contributed by atoms with E-state index in [4.69, 9.17) is 14.2 Å². The van der Waals surface area contributed by atoms with Crippen LogP contribution in [0.3, 0.4) is 0 Å². The fourth-order valence-corrected chi connectivity index (χ4v) is 2.31. The lowest BCUT2D eigenvalue weighted by molar-refractivity contribution is -0.147. The van der Waals surface area contributed by atoms with Crippen molar-refractivity contribution in [1.29, 1.82) is 0 Å². The molecule has 0 heterocycles. The molecule has 2 N–H and O–H groups in total. The molecule has 0 rings (SSSR count). The smallest absolute Gasteiger partial charge is 0.411 e. The van der Waals surface area contributed by atoms with Gasteiger partial charge in [-0.15, -0.1) is 0 Å². The van der Waals surface area contributed by atoms with E-state index in [9.17, 15) is 19.5 Å². The second-order valence-electron chi connectivity index (χ2n) is 8.36. The Morgan fingerprint density at radius 2 is 1.57 bits per heavy atom. The molecule has 2 amide bonds. The van der Waals surface area contributed by atoms with Crippen molar-refractivity contribution >= 4 is 18.2 Å². The highest BCUT2D eigenvalue weighted by Crippen LogP contribution is 2.16. The van der Waals surface area contributed by atoms with Crippen LogP contribution in [0.4, 0.5) is 9.59 Å². The molecule has 0 aromatic carbocycles. The fraction of sp³-hybridized carbons (Fsp3) is 0.842. The number of aliphatic hydroxyl groups is 1. The van der Waals surface area contributed by atoms with Gasteiger partial charge in [0.2, 0.25) is 0 Å². The van der Waals surface area contributed by atoms with E-state index >= 15 is 0 Å². The first kappa shape index (κ1) is 26.0. The number of methoxy groups -OCH3 is 1. The van der Waals surface area contributed by atoms with Gasteiger partial charge in [-0.2, -0.15) is 0 Å². The van der Waals surface area contributed by atoms with E-state index in [0.717, 1.165) is 0 Å². The topological polar surface area (TPSA) is 114 Å². The highest BCUT2D eigenvalue weighted by atomic mass is 16.6. The van der Waals surface area contributed by atoms with Crippen LogP contribution in [-0.2, 0) is 19.0 Å². The monoisotopic (exact) mass is 404 g/mol. The van der Waals surface area contributed by atoms with Crippen LogP contribution in [0.1, 0.15) is 60.8 Å². The molecule has 0 spiro atoms. The number of carbonyl (C=O) groups excluding carboxylic acids is 3. The zero-order valence-electron chi connectivity index (χ0n) is 18.2. The SMILES string of the molecule is COC(=O)[C@@H](CCCCNC(=O)OC(C)(C)C)N(CCO)C(=O)OC(C)(C)C. The number of alkyl carbamates (subject to hydrolysis) is 1. The molecule has 0 aliphatic heterocycles. The molecule has 9 nitrogen and oxygen atoms in total. The summed E-state index contributed by atoms with van der Waals surface area (Å²) in [6.07, 6.45) is 0.229. The van der Waals surface area contributed by atoms with Crippen molar-refractivity contribution in [3.8, 4) is 0 Å². The Labute approximate surface area is 167 Å². The van der Waals surface area contributed by atoms with Crippen LogP contribution in [0.25, 0.3) is 0 Å². The number of aliphatic hydroxyl groups excluding tert-OH is 1. The van der Waals surface area contributed by atoms with Gasteiger partial charge in [-0.1, -0.05) is 0 Å². The molecule has 164 valence electrons. The van der Waals surface area contributed by atoms with Crippen LogP contribution in [0.15, 0.2) is 0 Å². The third-order valence-electron chi connectivity index (χ3n) is 3.39. The molecule has 0 radical (unpaired) electrons. The quantitative estimate of drug-likeness (QED) is 0.345. The fourth-order valence-electron chi connectivity index (χ4n) is 2.31. The lowest BCUT2D eigenvalue weighted by atomic mass is 10.1. The minimum atomic E-state index is -0.881. The Balaban J connectivity index is 4.77. The summed E-state index contributed by atoms with van der Waals surface area (Å²) in [4.78, 5) is 37.4. The number of hydrogen-bond acceptors (Lipinski definition) is 7. The molecule has 0 aromatic heterocycles. The third-order valence-corrected chi connectivity index (χ3v) is 3.39. The van der Waals surface area contributed by atoms with Gasteiger partial charge in [0, 0.05) is 13.1 Å². The number of ether oxygens (including phenoxy) is 3. The molecule has 0 bridgehead atoms. The summed E-state index contributed by atoms with van der Waals surface area (Å²) in [7, 11) is 1.24. The van der Waals surface area contributed by atoms with E-state index in [1.807, 2.05) is 0 Å². The normalized spacial score (nSPS) is 12.7. The van der Waals surface area contributed by atoms with Gasteiger partial charge in [-0.3, -0.25) is 4.90 Å². The number of esters is 1. The number of nitrogens with zero attached hydrogens (tertiary/aromatic N) is 1. The zero-order chi connectivity index (χ0) is 22.0. The van der Waals surface area contributed by atoms with Crippen molar-refractivity contribution in [2.24, 2.45) is 0 Å². The van der Waals surface area contributed by atoms with Crippen LogP contribution in [0.5, 0.6) is 0 Å². The highest BCUT2D eigenvalue weighted by Gasteiger charge is 2.33. The zero-order valence-corrected chi connectivity index (χ0v) is 18.2. The predicted octanol–water partition coefficient (Wildman–Crippen LogP) is 2.45. The van der Waals surface area contributed by atoms with E-state index < -0.39 is 35.4 Å². The first-order chi connectivity index (χ1) is 12.8. The second-order valence-corrected chi connectivity index (χ2v) is 8.36. The van der Waals surface area contributed by atoms with Gasteiger partial charge in [-0.25, -0.2) is 14.4 Å². The summed E-state index contributed by atoms with van der Waals surface area (Å²) < 4.78 is 15.3. The Hall–Kier alpha value is -2.03. The molecule has 9 heteroatoms. The van der Waals surface area contributed by atoms with Gasteiger partial charge in [0.05, 0.1) is 13.7 Å². The van der Waals surface area contributed by atoms with Gasteiger partial charge in [-0.05, 0) is 60.8 Å². The Morgan fingerprint density at radius 1 is 1.00 bits per heavy atom. The Morgan fingerprint density at radius 3 is 2.04 bits per heavy atom. The van der Waals surface area contributed by atoms with E-state index in [-0.39, 0.29) is 13.2 Å². The average molecular weight is 405 g/mol. The van der Waals surface area contributed by atoms with Crippen LogP contribution in [-0.4, -0.2) is 72.2 Å². The van der Waals surface area contributed by atoms with E-state index in [2.05, 4.69) is 5.32 Å². The van der Waals surface area contributed by atoms with Crippen LogP contribution < -0.4 is 5.32 Å². The average Bonchev–Trinajstić information content (AvgIpc) is 2.52. The maximum atomic E-state index is 12.4. The van der Waals surface area contributed by atoms with Crippen molar-refractivity contribution < 1.29 is 33.7 Å². The maximum Gasteiger partial charge on any atom is 0.411 e. The van der Waals surface area contributed by atoms with Gasteiger partial charge in [0.25, 0.3) is 0 Å². The number of unbranched alkanes of at least 4 members (excludes halogenated alkanes) is 1. The molecule has 0 saturated heterocycles. The van der Waals surface area contributed by atoms with E-state index in [0.29, 0.717) is 25.8 Å². The molecule has 0 aliphatic carbocycles. The van der Waals surface area contributed by atoms with Gasteiger partial charge < -0.3 is 24.6 Å². The number of amides is 2. The summed E-state index contributed by atoms with van der Waals surface area (Å²) in [5.74, 6) is -0.584. The molecule has 0 aliphatic rings. The number of nitrogens with one attached hydrogen (secondary N) is 1. The first-order valence-corrected chi connectivity index (χ1v) is 9.46. The maximum absolute atomic E-state index is 12.4.